The summed E-state index contributed by atoms with van der Waals surface area (Å²) in [5.41, 5.74) is 0. The number of nitro groups is 1. The molecule has 0 saturated carbocycles. The third-order valence-corrected chi connectivity index (χ3v) is 1.54. The zero-order chi connectivity index (χ0) is 13.6. The molecule has 1 heterocycles. The zero-order valence-corrected chi connectivity index (χ0v) is 9.69. The van der Waals surface area contributed by atoms with Crippen LogP contribution >= 0.6 is 7.82 Å². The van der Waals surface area contributed by atoms with E-state index in [4.69, 9.17) is 24.4 Å². The van der Waals surface area contributed by atoms with Crippen LogP contribution in [0.15, 0.2) is 6.20 Å². The molecule has 0 aromatic carbocycles. The molecule has 0 unspecified atom stereocenters. The van der Waals surface area contributed by atoms with Gasteiger partial charge in [0, 0.05) is 6.92 Å². The van der Waals surface area contributed by atoms with Crippen LogP contribution in [-0.4, -0.2) is 40.9 Å². The van der Waals surface area contributed by atoms with Crippen molar-refractivity contribution in [1.29, 1.82) is 0 Å². The third kappa shape index (κ3) is 6.76. The van der Waals surface area contributed by atoms with E-state index in [-0.39, 0.29) is 19.0 Å². The molecule has 11 heteroatoms. The summed E-state index contributed by atoms with van der Waals surface area (Å²) in [6, 6.07) is 0. The molecule has 98 valence electrons. The highest BCUT2D eigenvalue weighted by Crippen LogP contribution is 2.25. The van der Waals surface area contributed by atoms with Gasteiger partial charge in [0.15, 0.2) is 5.82 Å². The predicted octanol–water partition coefficient (Wildman–Crippen LogP) is -0.837. The van der Waals surface area contributed by atoms with Crippen LogP contribution < -0.4 is 0 Å². The summed E-state index contributed by atoms with van der Waals surface area (Å²) >= 11 is 0. The van der Waals surface area contributed by atoms with E-state index in [2.05, 4.69) is 4.98 Å². The number of aliphatic hydroxyl groups is 1. The van der Waals surface area contributed by atoms with E-state index in [0.29, 0.717) is 5.82 Å². The van der Waals surface area contributed by atoms with Crippen molar-refractivity contribution in [2.24, 2.45) is 0 Å². The van der Waals surface area contributed by atoms with E-state index in [1.54, 1.807) is 6.92 Å². The van der Waals surface area contributed by atoms with Gasteiger partial charge in [0.25, 0.3) is 0 Å². The van der Waals surface area contributed by atoms with Gasteiger partial charge in [0.1, 0.15) is 12.7 Å². The van der Waals surface area contributed by atoms with Crippen molar-refractivity contribution in [1.82, 2.24) is 9.55 Å². The minimum absolute atomic E-state index is 0.0819. The third-order valence-electron chi connectivity index (χ3n) is 1.54. The van der Waals surface area contributed by atoms with Crippen LogP contribution in [0.3, 0.4) is 0 Å². The highest BCUT2D eigenvalue weighted by molar-refractivity contribution is 7.45. The molecular weight excluding hydrogens is 257 g/mol. The Morgan fingerprint density at radius 1 is 1.53 bits per heavy atom. The average molecular weight is 269 g/mol. The normalized spacial score (nSPS) is 10.6. The summed E-state index contributed by atoms with van der Waals surface area (Å²) < 4.78 is 10.2. The number of hydrogen-bond acceptors (Lipinski definition) is 5. The quantitative estimate of drug-likeness (QED) is 0.314. The van der Waals surface area contributed by atoms with Crippen LogP contribution in [0.5, 0.6) is 0 Å². The van der Waals surface area contributed by atoms with E-state index in [1.807, 2.05) is 0 Å². The molecule has 0 aliphatic carbocycles. The largest absolute Gasteiger partial charge is 0.466 e. The molecule has 0 amide bonds. The van der Waals surface area contributed by atoms with Crippen molar-refractivity contribution < 1.29 is 29.3 Å². The molecule has 17 heavy (non-hydrogen) atoms. The Hall–Kier alpha value is -1.32. The zero-order valence-electron chi connectivity index (χ0n) is 8.79. The topological polar surface area (TPSA) is 159 Å². The summed E-state index contributed by atoms with van der Waals surface area (Å²) in [7, 11) is -4.64. The van der Waals surface area contributed by atoms with Crippen LogP contribution in [0.4, 0.5) is 5.82 Å². The molecule has 0 atom stereocenters. The second kappa shape index (κ2) is 6.42. The van der Waals surface area contributed by atoms with Gasteiger partial charge in [-0.3, -0.25) is 0 Å². The van der Waals surface area contributed by atoms with E-state index in [9.17, 15) is 10.1 Å². The van der Waals surface area contributed by atoms with Gasteiger partial charge in [0.05, 0.1) is 6.61 Å². The van der Waals surface area contributed by atoms with Crippen LogP contribution in [0.1, 0.15) is 5.82 Å². The van der Waals surface area contributed by atoms with Gasteiger partial charge < -0.3 is 29.9 Å². The maximum absolute atomic E-state index is 10.4. The fraction of sp³-hybridized carbons (Fsp3) is 0.500. The molecule has 10 nitrogen and oxygen atoms in total. The molecule has 0 aliphatic rings. The van der Waals surface area contributed by atoms with E-state index < -0.39 is 12.7 Å². The van der Waals surface area contributed by atoms with Gasteiger partial charge in [-0.2, -0.15) is 0 Å². The van der Waals surface area contributed by atoms with E-state index >= 15 is 0 Å². The van der Waals surface area contributed by atoms with E-state index in [0.717, 1.165) is 0 Å². The summed E-state index contributed by atoms with van der Waals surface area (Å²) in [4.78, 5) is 35.2. The first-order valence-electron chi connectivity index (χ1n) is 4.22. The standard InChI is InChI=1S/C6H9N3O3.H3O4P/c1-5-7-4-6(9(11)12)8(5)2-3-10;1-5(2,3)4/h4,10H,2-3H2,1H3;(H3,1,2,3,4). The van der Waals surface area contributed by atoms with Crippen molar-refractivity contribution in [2.75, 3.05) is 6.61 Å². The molecule has 0 spiro atoms. The maximum atomic E-state index is 10.4. The van der Waals surface area contributed by atoms with E-state index in [1.165, 1.54) is 10.8 Å². The van der Waals surface area contributed by atoms with Crippen molar-refractivity contribution in [2.45, 2.75) is 13.5 Å². The average Bonchev–Trinajstić information content (AvgIpc) is 2.46. The van der Waals surface area contributed by atoms with Gasteiger partial charge in [-0.05, 0) is 4.92 Å². The van der Waals surface area contributed by atoms with Crippen molar-refractivity contribution in [3.8, 4) is 0 Å². The predicted molar refractivity (Wildman–Crippen MR) is 55.0 cm³/mol. The van der Waals surface area contributed by atoms with Gasteiger partial charge >= 0.3 is 13.6 Å². The van der Waals surface area contributed by atoms with Crippen molar-refractivity contribution in [3.63, 3.8) is 0 Å². The van der Waals surface area contributed by atoms with Crippen LogP contribution in [-0.2, 0) is 11.1 Å². The summed E-state index contributed by atoms with van der Waals surface area (Å²) in [5, 5.41) is 19.0. The van der Waals surface area contributed by atoms with Gasteiger partial charge in [-0.25, -0.2) is 14.1 Å². The lowest BCUT2D eigenvalue weighted by atomic mass is 10.6. The lowest BCUT2D eigenvalue weighted by Crippen LogP contribution is -2.07. The monoisotopic (exact) mass is 269 g/mol. The first-order chi connectivity index (χ1) is 7.66. The Labute approximate surface area is 95.6 Å². The minimum atomic E-state index is -4.64. The molecule has 4 N–H and O–H groups in total. The Morgan fingerprint density at radius 3 is 2.35 bits per heavy atom. The molecule has 1 aromatic heterocycles. The van der Waals surface area contributed by atoms with Crippen LogP contribution in [0.25, 0.3) is 0 Å². The number of hydrogen-bond donors (Lipinski definition) is 4. The minimum Gasteiger partial charge on any atom is -0.392 e. The van der Waals surface area contributed by atoms with Crippen molar-refractivity contribution >= 4 is 13.6 Å². The Balaban J connectivity index is 0.000000437. The number of aryl methyl sites for hydroxylation is 1. The molecule has 1 rings (SSSR count). The van der Waals surface area contributed by atoms with Crippen molar-refractivity contribution in [3.05, 3.63) is 22.1 Å². The highest BCUT2D eigenvalue weighted by atomic mass is 31.2. The number of phosphoric acid groups is 1. The van der Waals surface area contributed by atoms with Gasteiger partial charge in [0.2, 0.25) is 0 Å². The molecule has 0 fully saturated rings. The molecule has 0 radical (unpaired) electrons. The highest BCUT2D eigenvalue weighted by Gasteiger charge is 2.15. The smallest absolute Gasteiger partial charge is 0.392 e. The second-order valence-electron chi connectivity index (χ2n) is 2.81. The SMILES string of the molecule is Cc1ncc([N+](=O)[O-])n1CCO.O=P(O)(O)O. The number of aromatic nitrogens is 2. The molecule has 0 aliphatic heterocycles. The number of rotatable bonds is 3. The number of nitrogens with zero attached hydrogens (tertiary/aromatic N) is 3. The lowest BCUT2D eigenvalue weighted by molar-refractivity contribution is -0.392. The number of aliphatic hydroxyl groups excluding tert-OH is 1. The number of imidazole rings is 1. The van der Waals surface area contributed by atoms with Gasteiger partial charge in [-0.1, -0.05) is 0 Å². The molecule has 1 aromatic rings. The second-order valence-corrected chi connectivity index (χ2v) is 3.84. The molecule has 0 bridgehead atoms. The van der Waals surface area contributed by atoms with Crippen LogP contribution in [0.2, 0.25) is 0 Å². The lowest BCUT2D eigenvalue weighted by Gasteiger charge is -1.98. The van der Waals surface area contributed by atoms with Crippen LogP contribution in [0, 0.1) is 17.0 Å². The first kappa shape index (κ1) is 15.7. The fourth-order valence-electron chi connectivity index (χ4n) is 0.978. The molecular formula is C6H12N3O7P. The fourth-order valence-corrected chi connectivity index (χ4v) is 0.978. The Morgan fingerprint density at radius 2 is 2.00 bits per heavy atom. The summed E-state index contributed by atoms with van der Waals surface area (Å²) in [6.45, 7) is 1.74. The van der Waals surface area contributed by atoms with Gasteiger partial charge in [-0.15, -0.1) is 0 Å². The molecule has 0 saturated heterocycles. The maximum Gasteiger partial charge on any atom is 0.466 e. The first-order valence-corrected chi connectivity index (χ1v) is 5.79. The Bertz CT molecular complexity index is 417. The summed E-state index contributed by atoms with van der Waals surface area (Å²) in [5.74, 6) is 0.456. The Kier molecular flexibility index (Phi) is 5.93. The summed E-state index contributed by atoms with van der Waals surface area (Å²) in [6.07, 6.45) is 1.19.